The molecule has 0 aliphatic rings. The summed E-state index contributed by atoms with van der Waals surface area (Å²) in [6, 6.07) is 13.4. The number of amides is 2. The smallest absolute Gasteiger partial charge is 0.319 e. The van der Waals surface area contributed by atoms with Crippen LogP contribution in [0.5, 0.6) is 5.75 Å². The van der Waals surface area contributed by atoms with Crippen LogP contribution in [-0.2, 0) is 6.42 Å². The van der Waals surface area contributed by atoms with Crippen molar-refractivity contribution in [3.8, 4) is 5.75 Å². The van der Waals surface area contributed by atoms with E-state index in [4.69, 9.17) is 4.74 Å². The molecule has 0 spiro atoms. The molecule has 0 aliphatic heterocycles. The van der Waals surface area contributed by atoms with Crippen molar-refractivity contribution in [2.75, 3.05) is 18.5 Å². The van der Waals surface area contributed by atoms with Gasteiger partial charge in [-0.2, -0.15) is 0 Å². The Hall–Kier alpha value is -2.01. The molecule has 2 aromatic carbocycles. The van der Waals surface area contributed by atoms with Crippen LogP contribution in [0.25, 0.3) is 0 Å². The molecule has 0 aliphatic carbocycles. The summed E-state index contributed by atoms with van der Waals surface area (Å²) in [7, 11) is 0. The van der Waals surface area contributed by atoms with Crippen LogP contribution in [0, 0.1) is 6.92 Å². The SMILES string of the molecule is CCc1cccc(C)c1NC(=O)NCCOc1cccc(Br)c1. The molecule has 4 nitrogen and oxygen atoms in total. The van der Waals surface area contributed by atoms with Crippen molar-refractivity contribution in [1.82, 2.24) is 5.32 Å². The van der Waals surface area contributed by atoms with E-state index in [-0.39, 0.29) is 6.03 Å². The van der Waals surface area contributed by atoms with Crippen molar-refractivity contribution in [2.24, 2.45) is 0 Å². The largest absolute Gasteiger partial charge is 0.492 e. The Bertz CT molecular complexity index is 674. The second-order valence-corrected chi connectivity index (χ2v) is 6.07. The molecule has 0 atom stereocenters. The summed E-state index contributed by atoms with van der Waals surface area (Å²) in [4.78, 5) is 12.0. The van der Waals surface area contributed by atoms with Crippen LogP contribution in [0.4, 0.5) is 10.5 Å². The van der Waals surface area contributed by atoms with Crippen LogP contribution in [0.3, 0.4) is 0 Å². The van der Waals surface area contributed by atoms with E-state index in [1.54, 1.807) is 0 Å². The Morgan fingerprint density at radius 3 is 2.74 bits per heavy atom. The number of ether oxygens (including phenoxy) is 1. The molecule has 0 fully saturated rings. The molecule has 0 bridgehead atoms. The summed E-state index contributed by atoms with van der Waals surface area (Å²) >= 11 is 3.39. The minimum absolute atomic E-state index is 0.216. The minimum Gasteiger partial charge on any atom is -0.492 e. The summed E-state index contributed by atoms with van der Waals surface area (Å²) < 4.78 is 6.55. The maximum absolute atomic E-state index is 12.0. The number of aryl methyl sites for hydroxylation is 2. The Balaban J connectivity index is 1.80. The Morgan fingerprint density at radius 2 is 2.00 bits per heavy atom. The predicted molar refractivity (Wildman–Crippen MR) is 97.2 cm³/mol. The number of nitrogens with one attached hydrogen (secondary N) is 2. The number of hydrogen-bond donors (Lipinski definition) is 2. The molecule has 2 aromatic rings. The van der Waals surface area contributed by atoms with Gasteiger partial charge in [-0.25, -0.2) is 4.79 Å². The number of carbonyl (C=O) groups excluding carboxylic acids is 1. The lowest BCUT2D eigenvalue weighted by Gasteiger charge is -2.14. The zero-order valence-corrected chi connectivity index (χ0v) is 14.9. The van der Waals surface area contributed by atoms with Gasteiger partial charge in [-0.1, -0.05) is 47.1 Å². The Kier molecular flexibility index (Phi) is 6.47. The number of anilines is 1. The molecule has 23 heavy (non-hydrogen) atoms. The van der Waals surface area contributed by atoms with Crippen molar-refractivity contribution in [2.45, 2.75) is 20.3 Å². The number of para-hydroxylation sites is 1. The van der Waals surface area contributed by atoms with E-state index in [0.29, 0.717) is 13.2 Å². The van der Waals surface area contributed by atoms with Gasteiger partial charge in [0.1, 0.15) is 12.4 Å². The maximum atomic E-state index is 12.0. The van der Waals surface area contributed by atoms with Gasteiger partial charge in [-0.3, -0.25) is 0 Å². The highest BCUT2D eigenvalue weighted by molar-refractivity contribution is 9.10. The molecule has 0 unspecified atom stereocenters. The first-order chi connectivity index (χ1) is 11.1. The highest BCUT2D eigenvalue weighted by atomic mass is 79.9. The van der Waals surface area contributed by atoms with Gasteiger partial charge in [0.15, 0.2) is 0 Å². The third kappa shape index (κ3) is 5.28. The van der Waals surface area contributed by atoms with Crippen LogP contribution >= 0.6 is 15.9 Å². The fourth-order valence-electron chi connectivity index (χ4n) is 2.25. The van der Waals surface area contributed by atoms with Gasteiger partial charge in [0.25, 0.3) is 0 Å². The highest BCUT2D eigenvalue weighted by Gasteiger charge is 2.07. The van der Waals surface area contributed by atoms with Gasteiger partial charge in [-0.05, 0) is 42.7 Å². The summed E-state index contributed by atoms with van der Waals surface area (Å²) in [5.41, 5.74) is 3.08. The van der Waals surface area contributed by atoms with Gasteiger partial charge < -0.3 is 15.4 Å². The van der Waals surface area contributed by atoms with Crippen molar-refractivity contribution in [3.05, 3.63) is 58.1 Å². The molecule has 0 saturated heterocycles. The Morgan fingerprint density at radius 1 is 1.22 bits per heavy atom. The normalized spacial score (nSPS) is 10.2. The third-order valence-corrected chi connectivity index (χ3v) is 3.92. The second kappa shape index (κ2) is 8.58. The summed E-state index contributed by atoms with van der Waals surface area (Å²) in [6.07, 6.45) is 0.878. The molecule has 0 heterocycles. The van der Waals surface area contributed by atoms with Crippen LogP contribution in [-0.4, -0.2) is 19.2 Å². The third-order valence-electron chi connectivity index (χ3n) is 3.43. The first-order valence-electron chi connectivity index (χ1n) is 7.62. The lowest BCUT2D eigenvalue weighted by Crippen LogP contribution is -2.32. The number of rotatable bonds is 6. The topological polar surface area (TPSA) is 50.4 Å². The lowest BCUT2D eigenvalue weighted by atomic mass is 10.1. The number of benzene rings is 2. The molecule has 0 saturated carbocycles. The average molecular weight is 377 g/mol. The number of urea groups is 1. The molecular formula is C18H21BrN2O2. The van der Waals surface area contributed by atoms with Gasteiger partial charge in [0.2, 0.25) is 0 Å². The van der Waals surface area contributed by atoms with Gasteiger partial charge >= 0.3 is 6.03 Å². The van der Waals surface area contributed by atoms with Crippen LogP contribution in [0.15, 0.2) is 46.9 Å². The van der Waals surface area contributed by atoms with Crippen molar-refractivity contribution < 1.29 is 9.53 Å². The highest BCUT2D eigenvalue weighted by Crippen LogP contribution is 2.21. The van der Waals surface area contributed by atoms with E-state index in [0.717, 1.165) is 33.5 Å². The van der Waals surface area contributed by atoms with Gasteiger partial charge in [-0.15, -0.1) is 0 Å². The van der Waals surface area contributed by atoms with Crippen LogP contribution in [0.2, 0.25) is 0 Å². The van der Waals surface area contributed by atoms with E-state index in [1.807, 2.05) is 49.4 Å². The summed E-state index contributed by atoms with van der Waals surface area (Å²) in [5.74, 6) is 0.772. The monoisotopic (exact) mass is 376 g/mol. The van der Waals surface area contributed by atoms with E-state index in [9.17, 15) is 4.79 Å². The quantitative estimate of drug-likeness (QED) is 0.728. The van der Waals surface area contributed by atoms with E-state index in [1.165, 1.54) is 0 Å². The molecule has 2 amide bonds. The molecule has 5 heteroatoms. The van der Waals surface area contributed by atoms with E-state index >= 15 is 0 Å². The predicted octanol–water partition coefficient (Wildman–Crippen LogP) is 4.52. The molecule has 2 rings (SSSR count). The fraction of sp³-hybridized carbons (Fsp3) is 0.278. The fourth-order valence-corrected chi connectivity index (χ4v) is 2.63. The molecule has 0 radical (unpaired) electrons. The number of carbonyl (C=O) groups is 1. The van der Waals surface area contributed by atoms with Gasteiger partial charge in [0, 0.05) is 10.2 Å². The molecule has 122 valence electrons. The van der Waals surface area contributed by atoms with Gasteiger partial charge in [0.05, 0.1) is 6.54 Å². The minimum atomic E-state index is -0.216. The standard InChI is InChI=1S/C18H21BrN2O2/c1-3-14-7-4-6-13(2)17(14)21-18(22)20-10-11-23-16-9-5-8-15(19)12-16/h4-9,12H,3,10-11H2,1-2H3,(H2,20,21,22). The average Bonchev–Trinajstić information content (AvgIpc) is 2.53. The zero-order chi connectivity index (χ0) is 16.7. The Labute approximate surface area is 145 Å². The van der Waals surface area contributed by atoms with Crippen molar-refractivity contribution in [1.29, 1.82) is 0 Å². The first kappa shape index (κ1) is 17.3. The summed E-state index contributed by atoms with van der Waals surface area (Å²) in [5, 5.41) is 5.73. The molecule has 0 aromatic heterocycles. The van der Waals surface area contributed by atoms with Crippen LogP contribution < -0.4 is 15.4 Å². The number of halogens is 1. The van der Waals surface area contributed by atoms with Crippen molar-refractivity contribution >= 4 is 27.6 Å². The van der Waals surface area contributed by atoms with E-state index in [2.05, 4.69) is 33.5 Å². The maximum Gasteiger partial charge on any atom is 0.319 e. The lowest BCUT2D eigenvalue weighted by molar-refractivity contribution is 0.247. The first-order valence-corrected chi connectivity index (χ1v) is 8.41. The second-order valence-electron chi connectivity index (χ2n) is 5.15. The van der Waals surface area contributed by atoms with Crippen molar-refractivity contribution in [3.63, 3.8) is 0 Å². The zero-order valence-electron chi connectivity index (χ0n) is 13.4. The summed E-state index contributed by atoms with van der Waals surface area (Å²) in [6.45, 7) is 4.92. The van der Waals surface area contributed by atoms with Crippen LogP contribution in [0.1, 0.15) is 18.1 Å². The molecule has 2 N–H and O–H groups in total. The van der Waals surface area contributed by atoms with E-state index < -0.39 is 0 Å². The number of hydrogen-bond acceptors (Lipinski definition) is 2. The molecular weight excluding hydrogens is 356 g/mol.